The number of anilines is 1. The molecule has 1 atom stereocenters. The van der Waals surface area contributed by atoms with E-state index < -0.39 is 15.7 Å². The van der Waals surface area contributed by atoms with Crippen LogP contribution in [0.15, 0.2) is 24.3 Å². The minimum Gasteiger partial charge on any atom is -0.335 e. The second-order valence-corrected chi connectivity index (χ2v) is 11.6. The maximum absolute atomic E-state index is 13.3. The highest BCUT2D eigenvalue weighted by molar-refractivity contribution is 7.91. The van der Waals surface area contributed by atoms with Crippen LogP contribution >= 0.6 is 0 Å². The smallest absolute Gasteiger partial charge is 0.238 e. The van der Waals surface area contributed by atoms with Gasteiger partial charge >= 0.3 is 0 Å². The van der Waals surface area contributed by atoms with Crippen molar-refractivity contribution >= 4 is 27.3 Å². The molecule has 1 aromatic rings. The number of hydrogen-bond donors (Lipinski definition) is 1. The number of benzene rings is 1. The number of rotatable bonds is 7. The Kier molecular flexibility index (Phi) is 7.65. The lowest BCUT2D eigenvalue weighted by Crippen LogP contribution is -2.54. The van der Waals surface area contributed by atoms with Crippen LogP contribution in [0.1, 0.15) is 32.1 Å². The molecular weight excluding hydrogens is 447 g/mol. The van der Waals surface area contributed by atoms with E-state index in [1.54, 1.807) is 12.1 Å². The summed E-state index contributed by atoms with van der Waals surface area (Å²) in [6, 6.07) is 5.78. The molecule has 0 aromatic heterocycles. The van der Waals surface area contributed by atoms with Gasteiger partial charge in [-0.25, -0.2) is 12.8 Å². The fraction of sp³-hybridized carbons (Fsp3) is 0.652. The highest BCUT2D eigenvalue weighted by Crippen LogP contribution is 2.29. The molecule has 1 saturated carbocycles. The predicted octanol–water partition coefficient (Wildman–Crippen LogP) is 1.34. The third kappa shape index (κ3) is 6.51. The Bertz CT molecular complexity index is 959. The first-order valence-corrected chi connectivity index (χ1v) is 13.6. The molecule has 0 radical (unpaired) electrons. The van der Waals surface area contributed by atoms with Gasteiger partial charge in [-0.2, -0.15) is 0 Å². The van der Waals surface area contributed by atoms with Gasteiger partial charge in [0.2, 0.25) is 11.8 Å². The molecule has 8 nitrogen and oxygen atoms in total. The quantitative estimate of drug-likeness (QED) is 0.634. The Balaban J connectivity index is 1.26. The van der Waals surface area contributed by atoms with Gasteiger partial charge in [-0.3, -0.25) is 19.4 Å². The summed E-state index contributed by atoms with van der Waals surface area (Å²) in [5.41, 5.74) is 0.435. The van der Waals surface area contributed by atoms with E-state index in [0.717, 1.165) is 25.7 Å². The van der Waals surface area contributed by atoms with Crippen molar-refractivity contribution in [1.29, 1.82) is 0 Å². The fourth-order valence-corrected chi connectivity index (χ4v) is 6.94. The van der Waals surface area contributed by atoms with Gasteiger partial charge in [0.15, 0.2) is 9.84 Å². The third-order valence-corrected chi connectivity index (χ3v) is 8.66. The number of carbonyl (C=O) groups excluding carboxylic acids is 2. The zero-order chi connectivity index (χ0) is 23.4. The standard InChI is InChI=1S/C23H33FN4O4S/c24-18-4-3-5-19(14-18)25-22(29)15-26-9-11-27(12-10-26)16-23(30)28(20-6-1-2-7-20)21-8-13-33(31,32)17-21/h3-5,14,20-21H,1-2,6-13,15-17H2,(H,25,29)/t21-/m0/s1. The molecule has 2 aliphatic heterocycles. The van der Waals surface area contributed by atoms with Crippen LogP contribution in [0.3, 0.4) is 0 Å². The molecule has 1 aromatic carbocycles. The van der Waals surface area contributed by atoms with Gasteiger partial charge in [0, 0.05) is 44.0 Å². The summed E-state index contributed by atoms with van der Waals surface area (Å²) in [7, 11) is -3.05. The van der Waals surface area contributed by atoms with E-state index in [0.29, 0.717) is 38.3 Å². The van der Waals surface area contributed by atoms with Gasteiger partial charge in [-0.05, 0) is 37.5 Å². The molecule has 0 bridgehead atoms. The number of nitrogens with one attached hydrogen (secondary N) is 1. The number of halogens is 1. The molecule has 0 spiro atoms. The molecule has 3 fully saturated rings. The van der Waals surface area contributed by atoms with Gasteiger partial charge in [0.1, 0.15) is 5.82 Å². The van der Waals surface area contributed by atoms with Crippen LogP contribution in [0.2, 0.25) is 0 Å². The average Bonchev–Trinajstić information content (AvgIpc) is 3.39. The second-order valence-electron chi connectivity index (χ2n) is 9.41. The van der Waals surface area contributed by atoms with Gasteiger partial charge in [-0.1, -0.05) is 18.9 Å². The van der Waals surface area contributed by atoms with Crippen LogP contribution < -0.4 is 5.32 Å². The molecule has 182 valence electrons. The summed E-state index contributed by atoms with van der Waals surface area (Å²) in [6.45, 7) is 3.15. The van der Waals surface area contributed by atoms with Crippen LogP contribution in [-0.4, -0.2) is 97.8 Å². The third-order valence-electron chi connectivity index (χ3n) is 6.91. The normalized spacial score (nSPS) is 24.1. The Hall–Kier alpha value is -2.04. The number of amides is 2. The molecule has 2 saturated heterocycles. The lowest BCUT2D eigenvalue weighted by Gasteiger charge is -2.38. The van der Waals surface area contributed by atoms with Crippen molar-refractivity contribution in [2.24, 2.45) is 0 Å². The molecule has 4 rings (SSSR count). The topological polar surface area (TPSA) is 90.0 Å². The number of carbonyl (C=O) groups is 2. The molecular formula is C23H33FN4O4S. The first kappa shape index (κ1) is 24.1. The van der Waals surface area contributed by atoms with Crippen LogP contribution in [0, 0.1) is 5.82 Å². The Morgan fingerprint density at radius 3 is 2.27 bits per heavy atom. The predicted molar refractivity (Wildman–Crippen MR) is 124 cm³/mol. The number of hydrogen-bond acceptors (Lipinski definition) is 6. The Morgan fingerprint density at radius 1 is 1.00 bits per heavy atom. The minimum absolute atomic E-state index is 0.0290. The van der Waals surface area contributed by atoms with E-state index in [-0.39, 0.29) is 48.5 Å². The van der Waals surface area contributed by atoms with Crippen LogP contribution in [0.5, 0.6) is 0 Å². The number of sulfone groups is 1. The maximum atomic E-state index is 13.3. The van der Waals surface area contributed by atoms with Crippen molar-refractivity contribution in [1.82, 2.24) is 14.7 Å². The van der Waals surface area contributed by atoms with Crippen LogP contribution in [0.4, 0.5) is 10.1 Å². The maximum Gasteiger partial charge on any atom is 0.238 e. The minimum atomic E-state index is -3.05. The largest absolute Gasteiger partial charge is 0.335 e. The van der Waals surface area contributed by atoms with E-state index in [2.05, 4.69) is 10.2 Å². The van der Waals surface area contributed by atoms with Crippen molar-refractivity contribution in [3.63, 3.8) is 0 Å². The van der Waals surface area contributed by atoms with Gasteiger partial charge in [0.25, 0.3) is 0 Å². The molecule has 2 amide bonds. The van der Waals surface area contributed by atoms with Crippen molar-refractivity contribution in [2.45, 2.75) is 44.2 Å². The Labute approximate surface area is 195 Å². The summed E-state index contributed by atoms with van der Waals surface area (Å²) in [5, 5.41) is 2.71. The van der Waals surface area contributed by atoms with Crippen molar-refractivity contribution < 1.29 is 22.4 Å². The van der Waals surface area contributed by atoms with E-state index in [9.17, 15) is 22.4 Å². The van der Waals surface area contributed by atoms with Crippen molar-refractivity contribution in [3.8, 4) is 0 Å². The number of nitrogens with zero attached hydrogens (tertiary/aromatic N) is 3. The summed E-state index contributed by atoms with van der Waals surface area (Å²) < 4.78 is 37.3. The highest BCUT2D eigenvalue weighted by Gasteiger charge is 2.39. The van der Waals surface area contributed by atoms with E-state index in [4.69, 9.17) is 0 Å². The second kappa shape index (κ2) is 10.5. The zero-order valence-corrected chi connectivity index (χ0v) is 19.7. The average molecular weight is 481 g/mol. The van der Waals surface area contributed by atoms with Gasteiger partial charge in [-0.15, -0.1) is 0 Å². The first-order valence-electron chi connectivity index (χ1n) is 11.8. The molecule has 2 heterocycles. The molecule has 3 aliphatic rings. The van der Waals surface area contributed by atoms with Gasteiger partial charge < -0.3 is 10.2 Å². The highest BCUT2D eigenvalue weighted by atomic mass is 32.2. The fourth-order valence-electron chi connectivity index (χ4n) is 5.23. The zero-order valence-electron chi connectivity index (χ0n) is 18.9. The molecule has 33 heavy (non-hydrogen) atoms. The van der Waals surface area contributed by atoms with E-state index in [1.807, 2.05) is 9.80 Å². The SMILES string of the molecule is O=C(CN1CCN(CC(=O)N(C2CCCC2)[C@H]2CCS(=O)(=O)C2)CC1)Nc1cccc(F)c1. The lowest BCUT2D eigenvalue weighted by molar-refractivity contribution is -0.137. The molecule has 1 aliphatic carbocycles. The lowest BCUT2D eigenvalue weighted by atomic mass is 10.1. The van der Waals surface area contributed by atoms with Crippen LogP contribution in [-0.2, 0) is 19.4 Å². The van der Waals surface area contributed by atoms with Crippen molar-refractivity contribution in [3.05, 3.63) is 30.1 Å². The van der Waals surface area contributed by atoms with Crippen molar-refractivity contribution in [2.75, 3.05) is 56.1 Å². The Morgan fingerprint density at radius 2 is 1.67 bits per heavy atom. The monoisotopic (exact) mass is 480 g/mol. The van der Waals surface area contributed by atoms with E-state index in [1.165, 1.54) is 12.1 Å². The van der Waals surface area contributed by atoms with E-state index >= 15 is 0 Å². The summed E-state index contributed by atoms with van der Waals surface area (Å²) in [5.74, 6) is -0.303. The summed E-state index contributed by atoms with van der Waals surface area (Å²) in [6.07, 6.45) is 4.63. The number of piperazine rings is 1. The summed E-state index contributed by atoms with van der Waals surface area (Å²) >= 11 is 0. The molecule has 0 unspecified atom stereocenters. The first-order chi connectivity index (χ1) is 15.8. The van der Waals surface area contributed by atoms with Crippen LogP contribution in [0.25, 0.3) is 0 Å². The molecule has 1 N–H and O–H groups in total. The summed E-state index contributed by atoms with van der Waals surface area (Å²) in [4.78, 5) is 31.6. The molecule has 10 heteroatoms. The van der Waals surface area contributed by atoms with Gasteiger partial charge in [0.05, 0.1) is 24.6 Å².